The number of alkyl halides is 3. The van der Waals surface area contributed by atoms with E-state index in [1.807, 2.05) is 23.5 Å². The number of benzene rings is 2. The predicted molar refractivity (Wildman–Crippen MR) is 92.5 cm³/mol. The minimum atomic E-state index is -4.92. The van der Waals surface area contributed by atoms with Gasteiger partial charge in [-0.15, -0.1) is 0 Å². The first kappa shape index (κ1) is 20.9. The molecule has 10 heteroatoms. The van der Waals surface area contributed by atoms with E-state index in [1.54, 1.807) is 12.1 Å². The summed E-state index contributed by atoms with van der Waals surface area (Å²) in [4.78, 5) is 33.1. The quantitative estimate of drug-likeness (QED) is 0.437. The van der Waals surface area contributed by atoms with Gasteiger partial charge in [0.15, 0.2) is 6.61 Å². The van der Waals surface area contributed by atoms with Crippen LogP contribution in [0.25, 0.3) is 0 Å². The zero-order valence-corrected chi connectivity index (χ0v) is 14.4. The average molecular weight is 396 g/mol. The van der Waals surface area contributed by atoms with Crippen molar-refractivity contribution in [1.82, 2.24) is 0 Å². The van der Waals surface area contributed by atoms with E-state index in [1.165, 1.54) is 0 Å². The van der Waals surface area contributed by atoms with Crippen molar-refractivity contribution in [1.29, 1.82) is 0 Å². The van der Waals surface area contributed by atoms with Gasteiger partial charge in [-0.3, -0.25) is 19.7 Å². The van der Waals surface area contributed by atoms with E-state index < -0.39 is 46.5 Å². The number of hydrogen-bond donors (Lipinski definition) is 1. The van der Waals surface area contributed by atoms with Gasteiger partial charge in [-0.2, -0.15) is 13.2 Å². The second kappa shape index (κ2) is 8.98. The van der Waals surface area contributed by atoms with Crippen LogP contribution in [0.1, 0.15) is 17.5 Å². The number of nitro benzene ring substituents is 1. The van der Waals surface area contributed by atoms with Gasteiger partial charge in [0.25, 0.3) is 11.6 Å². The summed E-state index contributed by atoms with van der Waals surface area (Å²) in [6, 6.07) is 11.0. The van der Waals surface area contributed by atoms with E-state index in [-0.39, 0.29) is 6.42 Å². The molecule has 0 radical (unpaired) electrons. The summed E-state index contributed by atoms with van der Waals surface area (Å²) < 4.78 is 43.9. The van der Waals surface area contributed by atoms with E-state index in [0.29, 0.717) is 12.5 Å². The van der Waals surface area contributed by atoms with Gasteiger partial charge >= 0.3 is 12.1 Å². The van der Waals surface area contributed by atoms with Crippen LogP contribution in [0.15, 0.2) is 48.5 Å². The summed E-state index contributed by atoms with van der Waals surface area (Å²) in [6.45, 7) is -0.776. The molecular formula is C18H15F3N2O5. The van der Waals surface area contributed by atoms with E-state index in [9.17, 15) is 32.9 Å². The number of ether oxygens (including phenoxy) is 1. The second-order valence-corrected chi connectivity index (χ2v) is 5.68. The molecule has 0 saturated carbocycles. The van der Waals surface area contributed by atoms with Gasteiger partial charge in [-0.05, 0) is 18.1 Å². The Hall–Kier alpha value is -3.43. The number of nitrogens with zero attached hydrogens (tertiary/aromatic N) is 1. The Labute approximate surface area is 157 Å². The van der Waals surface area contributed by atoms with Crippen LogP contribution in [-0.4, -0.2) is 23.4 Å². The molecule has 2 rings (SSSR count). The number of nitrogens with one attached hydrogen (secondary N) is 1. The molecule has 0 fully saturated rings. The predicted octanol–water partition coefficient (Wildman–Crippen LogP) is 3.73. The van der Waals surface area contributed by atoms with Crippen molar-refractivity contribution < 1.29 is 32.4 Å². The number of rotatable bonds is 7. The summed E-state index contributed by atoms with van der Waals surface area (Å²) in [5, 5.41) is 12.6. The number of carbonyl (C=O) groups is 2. The number of halogens is 3. The normalized spacial score (nSPS) is 11.0. The first-order valence-electron chi connectivity index (χ1n) is 8.02. The molecule has 28 heavy (non-hydrogen) atoms. The summed E-state index contributed by atoms with van der Waals surface area (Å²) in [6.07, 6.45) is -4.52. The fraction of sp³-hybridized carbons (Fsp3) is 0.222. The molecule has 0 saturated heterocycles. The molecule has 1 amide bonds. The fourth-order valence-electron chi connectivity index (χ4n) is 2.28. The van der Waals surface area contributed by atoms with E-state index in [0.717, 1.165) is 17.7 Å². The molecule has 0 atom stereocenters. The van der Waals surface area contributed by atoms with E-state index in [4.69, 9.17) is 4.74 Å². The number of aryl methyl sites for hydroxylation is 1. The van der Waals surface area contributed by atoms with Crippen LogP contribution in [0, 0.1) is 10.1 Å². The van der Waals surface area contributed by atoms with Crippen molar-refractivity contribution >= 4 is 23.3 Å². The van der Waals surface area contributed by atoms with Gasteiger partial charge in [-0.25, -0.2) is 0 Å². The molecule has 0 aliphatic heterocycles. The Kier molecular flexibility index (Phi) is 6.69. The Morgan fingerprint density at radius 3 is 2.39 bits per heavy atom. The van der Waals surface area contributed by atoms with Crippen molar-refractivity contribution in [2.45, 2.75) is 19.0 Å². The van der Waals surface area contributed by atoms with Crippen LogP contribution in [-0.2, 0) is 26.9 Å². The maximum absolute atomic E-state index is 13.1. The maximum Gasteiger partial charge on any atom is 0.418 e. The second-order valence-electron chi connectivity index (χ2n) is 5.68. The van der Waals surface area contributed by atoms with Gasteiger partial charge in [-0.1, -0.05) is 30.3 Å². The molecule has 2 aromatic carbocycles. The number of carbonyl (C=O) groups excluding carboxylic acids is 2. The minimum absolute atomic E-state index is 0.00261. The molecule has 2 aromatic rings. The highest BCUT2D eigenvalue weighted by Crippen LogP contribution is 2.37. The Bertz CT molecular complexity index is 869. The highest BCUT2D eigenvalue weighted by Gasteiger charge is 2.35. The molecule has 0 aliphatic carbocycles. The molecule has 0 bridgehead atoms. The number of hydrogen-bond acceptors (Lipinski definition) is 5. The summed E-state index contributed by atoms with van der Waals surface area (Å²) in [7, 11) is 0. The number of nitro groups is 1. The average Bonchev–Trinajstić information content (AvgIpc) is 2.64. The van der Waals surface area contributed by atoms with Crippen molar-refractivity contribution in [3.05, 3.63) is 69.8 Å². The number of anilines is 1. The van der Waals surface area contributed by atoms with Crippen LogP contribution in [0.5, 0.6) is 0 Å². The number of non-ortho nitro benzene ring substituents is 1. The van der Waals surface area contributed by atoms with Gasteiger partial charge in [0, 0.05) is 18.6 Å². The molecule has 1 N–H and O–H groups in total. The van der Waals surface area contributed by atoms with Crippen molar-refractivity contribution in [3.63, 3.8) is 0 Å². The Morgan fingerprint density at radius 1 is 1.11 bits per heavy atom. The fourth-order valence-corrected chi connectivity index (χ4v) is 2.28. The lowest BCUT2D eigenvalue weighted by molar-refractivity contribution is -0.385. The molecular weight excluding hydrogens is 381 g/mol. The van der Waals surface area contributed by atoms with Crippen LogP contribution >= 0.6 is 0 Å². The van der Waals surface area contributed by atoms with E-state index in [2.05, 4.69) is 0 Å². The Balaban J connectivity index is 1.93. The summed E-state index contributed by atoms with van der Waals surface area (Å²) >= 11 is 0. The van der Waals surface area contributed by atoms with Crippen molar-refractivity contribution in [2.75, 3.05) is 11.9 Å². The van der Waals surface area contributed by atoms with Gasteiger partial charge in [0.2, 0.25) is 0 Å². The molecule has 7 nitrogen and oxygen atoms in total. The SMILES string of the molecule is O=C(COC(=O)CCc1ccccc1)Nc1ccc([N+](=O)[O-])cc1C(F)(F)F. The topological polar surface area (TPSA) is 98.5 Å². The lowest BCUT2D eigenvalue weighted by Crippen LogP contribution is -2.23. The Morgan fingerprint density at radius 2 is 1.79 bits per heavy atom. The molecule has 0 aliphatic rings. The number of amides is 1. The lowest BCUT2D eigenvalue weighted by Gasteiger charge is -2.13. The molecule has 0 heterocycles. The first-order valence-corrected chi connectivity index (χ1v) is 8.02. The maximum atomic E-state index is 13.1. The largest absolute Gasteiger partial charge is 0.456 e. The van der Waals surface area contributed by atoms with Crippen molar-refractivity contribution in [3.8, 4) is 0 Å². The van der Waals surface area contributed by atoms with Crippen LogP contribution in [0.3, 0.4) is 0 Å². The summed E-state index contributed by atoms with van der Waals surface area (Å²) in [5.41, 5.74) is -1.91. The highest BCUT2D eigenvalue weighted by molar-refractivity contribution is 5.93. The van der Waals surface area contributed by atoms with Gasteiger partial charge in [0.05, 0.1) is 16.2 Å². The third-order valence-corrected chi connectivity index (χ3v) is 3.62. The lowest BCUT2D eigenvalue weighted by atomic mass is 10.1. The van der Waals surface area contributed by atoms with Gasteiger partial charge in [0.1, 0.15) is 0 Å². The summed E-state index contributed by atoms with van der Waals surface area (Å²) in [5.74, 6) is -1.67. The van der Waals surface area contributed by atoms with Gasteiger partial charge < -0.3 is 10.1 Å². The van der Waals surface area contributed by atoms with Crippen LogP contribution in [0.2, 0.25) is 0 Å². The zero-order valence-electron chi connectivity index (χ0n) is 14.4. The standard InChI is InChI=1S/C18H15F3N2O5/c19-18(20,21)14-10-13(23(26)27)7-8-15(14)22-16(24)11-28-17(25)9-6-12-4-2-1-3-5-12/h1-5,7-8,10H,6,9,11H2,(H,22,24). The molecule has 0 unspecified atom stereocenters. The minimum Gasteiger partial charge on any atom is -0.456 e. The smallest absolute Gasteiger partial charge is 0.418 e. The third kappa shape index (κ3) is 6.08. The first-order chi connectivity index (χ1) is 13.2. The molecule has 0 spiro atoms. The number of esters is 1. The molecule has 148 valence electrons. The zero-order chi connectivity index (χ0) is 20.7. The molecule has 0 aromatic heterocycles. The highest BCUT2D eigenvalue weighted by atomic mass is 19.4. The van der Waals surface area contributed by atoms with Crippen LogP contribution < -0.4 is 5.32 Å². The third-order valence-electron chi connectivity index (χ3n) is 3.62. The van der Waals surface area contributed by atoms with E-state index >= 15 is 0 Å². The van der Waals surface area contributed by atoms with Crippen LogP contribution in [0.4, 0.5) is 24.5 Å². The monoisotopic (exact) mass is 396 g/mol. The van der Waals surface area contributed by atoms with Crippen molar-refractivity contribution in [2.24, 2.45) is 0 Å².